The van der Waals surface area contributed by atoms with Crippen molar-refractivity contribution in [1.29, 1.82) is 0 Å². The molecule has 5 aromatic rings. The van der Waals surface area contributed by atoms with Crippen LogP contribution in [0.25, 0.3) is 21.5 Å². The number of fused-ring (bicyclic) bond motifs is 2. The topological polar surface area (TPSA) is 59.1 Å². The van der Waals surface area contributed by atoms with Gasteiger partial charge in [0.15, 0.2) is 0 Å². The largest absolute Gasteiger partial charge is 0.423 e. The summed E-state index contributed by atoms with van der Waals surface area (Å²) in [5.74, 6) is -0.0564. The van der Waals surface area contributed by atoms with Gasteiger partial charge < -0.3 is 19.3 Å². The van der Waals surface area contributed by atoms with Crippen molar-refractivity contribution in [1.82, 2.24) is 0 Å². The number of rotatable bonds is 8. The van der Waals surface area contributed by atoms with E-state index >= 15 is 0 Å². The number of hydrogen-bond acceptors (Lipinski definition) is 6. The normalized spacial score (nSPS) is 10.7. The molecule has 5 aromatic carbocycles. The fraction of sp³-hybridized carbons (Fsp3) is 0.0588. The Morgan fingerprint density at radius 3 is 1.35 bits per heavy atom. The van der Waals surface area contributed by atoms with Crippen molar-refractivity contribution < 1.29 is 19.1 Å². The standard InChI is InChI=1S/C34H28N2O4/c1-5-33(37)39-31-17-9-23-19-29(11-7-25(23)21-31)36(28-15-13-27(14-16-28)35(3)4)30-12-8-26-22-32(40-34(38)6-2)18-10-24(26)20-30/h5-22H,1-2H2,3-4H3. The zero-order chi connectivity index (χ0) is 28.2. The molecule has 0 amide bonds. The zero-order valence-electron chi connectivity index (χ0n) is 22.3. The van der Waals surface area contributed by atoms with Crippen molar-refractivity contribution in [2.24, 2.45) is 0 Å². The third-order valence-corrected chi connectivity index (χ3v) is 6.50. The Morgan fingerprint density at radius 2 is 0.925 bits per heavy atom. The number of carbonyl (C=O) groups excluding carboxylic acids is 2. The van der Waals surface area contributed by atoms with Crippen LogP contribution in [0.5, 0.6) is 11.5 Å². The number of hydrogen-bond donors (Lipinski definition) is 0. The molecular weight excluding hydrogens is 500 g/mol. The highest BCUT2D eigenvalue weighted by atomic mass is 16.5. The summed E-state index contributed by atoms with van der Waals surface area (Å²) in [4.78, 5) is 27.5. The number of benzene rings is 5. The Kier molecular flexibility index (Phi) is 7.33. The van der Waals surface area contributed by atoms with E-state index in [9.17, 15) is 9.59 Å². The van der Waals surface area contributed by atoms with Crippen molar-refractivity contribution >= 4 is 56.2 Å². The van der Waals surface area contributed by atoms with Gasteiger partial charge in [0.25, 0.3) is 0 Å². The van der Waals surface area contributed by atoms with Crippen molar-refractivity contribution in [2.45, 2.75) is 0 Å². The summed E-state index contributed by atoms with van der Waals surface area (Å²) in [7, 11) is 4.03. The van der Waals surface area contributed by atoms with Crippen LogP contribution in [-0.4, -0.2) is 26.0 Å². The summed E-state index contributed by atoms with van der Waals surface area (Å²) in [6, 6.07) is 31.8. The molecular formula is C34H28N2O4. The highest BCUT2D eigenvalue weighted by molar-refractivity contribution is 5.94. The van der Waals surface area contributed by atoms with Crippen LogP contribution in [0.1, 0.15) is 0 Å². The summed E-state index contributed by atoms with van der Waals surface area (Å²) in [5.41, 5.74) is 4.04. The molecule has 198 valence electrons. The fourth-order valence-corrected chi connectivity index (χ4v) is 4.49. The van der Waals surface area contributed by atoms with Gasteiger partial charge in [0.1, 0.15) is 11.5 Å². The van der Waals surface area contributed by atoms with Crippen LogP contribution in [0.15, 0.2) is 122 Å². The number of ether oxygens (including phenoxy) is 2. The van der Waals surface area contributed by atoms with E-state index < -0.39 is 11.9 Å². The number of nitrogens with zero attached hydrogens (tertiary/aromatic N) is 2. The van der Waals surface area contributed by atoms with E-state index in [-0.39, 0.29) is 0 Å². The van der Waals surface area contributed by atoms with Crippen LogP contribution in [0.3, 0.4) is 0 Å². The van der Waals surface area contributed by atoms with Crippen molar-refractivity contribution in [3.8, 4) is 11.5 Å². The van der Waals surface area contributed by atoms with Gasteiger partial charge >= 0.3 is 11.9 Å². The molecule has 0 aliphatic rings. The van der Waals surface area contributed by atoms with Gasteiger partial charge in [-0.2, -0.15) is 0 Å². The second-order valence-electron chi connectivity index (χ2n) is 9.38. The summed E-state index contributed by atoms with van der Waals surface area (Å²) in [6.45, 7) is 6.91. The zero-order valence-corrected chi connectivity index (χ0v) is 22.3. The third-order valence-electron chi connectivity index (χ3n) is 6.50. The van der Waals surface area contributed by atoms with Crippen LogP contribution in [0.2, 0.25) is 0 Å². The molecule has 0 heterocycles. The maximum Gasteiger partial charge on any atom is 0.335 e. The quantitative estimate of drug-likeness (QED) is 0.117. The summed E-state index contributed by atoms with van der Waals surface area (Å²) in [6.07, 6.45) is 2.29. The van der Waals surface area contributed by atoms with Crippen molar-refractivity contribution in [3.63, 3.8) is 0 Å². The first kappa shape index (κ1) is 26.3. The molecule has 0 saturated carbocycles. The van der Waals surface area contributed by atoms with E-state index in [4.69, 9.17) is 9.47 Å². The molecule has 6 heteroatoms. The molecule has 0 unspecified atom stereocenters. The fourth-order valence-electron chi connectivity index (χ4n) is 4.49. The Bertz CT molecular complexity index is 1650. The average Bonchev–Trinajstić information content (AvgIpc) is 2.97. The van der Waals surface area contributed by atoms with Crippen LogP contribution >= 0.6 is 0 Å². The van der Waals surface area contributed by atoms with Crippen molar-refractivity contribution in [2.75, 3.05) is 23.9 Å². The first-order chi connectivity index (χ1) is 19.3. The molecule has 0 radical (unpaired) electrons. The summed E-state index contributed by atoms with van der Waals surface area (Å²) in [5, 5.41) is 3.89. The SMILES string of the molecule is C=CC(=O)Oc1ccc2cc(N(c3ccc(N(C)C)cc3)c3ccc4cc(OC(=O)C=C)ccc4c3)ccc2c1. The van der Waals surface area contributed by atoms with E-state index in [1.165, 1.54) is 0 Å². The van der Waals surface area contributed by atoms with E-state index in [1.54, 1.807) is 12.1 Å². The minimum absolute atomic E-state index is 0.467. The first-order valence-electron chi connectivity index (χ1n) is 12.7. The monoisotopic (exact) mass is 528 g/mol. The Labute approximate surface area is 233 Å². The lowest BCUT2D eigenvalue weighted by Crippen LogP contribution is -2.11. The van der Waals surface area contributed by atoms with E-state index in [0.29, 0.717) is 11.5 Å². The third kappa shape index (κ3) is 5.56. The van der Waals surface area contributed by atoms with Gasteiger partial charge in [-0.25, -0.2) is 9.59 Å². The Hall–Kier alpha value is -5.36. The lowest BCUT2D eigenvalue weighted by atomic mass is 10.1. The van der Waals surface area contributed by atoms with Gasteiger partial charge in [-0.05, 0) is 94.3 Å². The average molecular weight is 529 g/mol. The van der Waals surface area contributed by atoms with Crippen molar-refractivity contribution in [3.05, 3.63) is 122 Å². The van der Waals surface area contributed by atoms with Crippen LogP contribution in [0, 0.1) is 0 Å². The minimum atomic E-state index is -0.495. The molecule has 5 rings (SSSR count). The smallest absolute Gasteiger partial charge is 0.335 e. The van der Waals surface area contributed by atoms with Gasteiger partial charge in [-0.15, -0.1) is 0 Å². The lowest BCUT2D eigenvalue weighted by molar-refractivity contribution is -0.129. The van der Waals surface area contributed by atoms with Crippen LogP contribution in [0.4, 0.5) is 22.7 Å². The maximum absolute atomic E-state index is 11.6. The predicted octanol–water partition coefficient (Wildman–Crippen LogP) is 7.71. The maximum atomic E-state index is 11.6. The summed E-state index contributed by atoms with van der Waals surface area (Å²) < 4.78 is 10.6. The first-order valence-corrected chi connectivity index (χ1v) is 12.7. The van der Waals surface area contributed by atoms with Gasteiger partial charge in [0, 0.05) is 49.0 Å². The Balaban J connectivity index is 1.58. The molecule has 0 saturated heterocycles. The van der Waals surface area contributed by atoms with Gasteiger partial charge in [0.2, 0.25) is 0 Å². The highest BCUT2D eigenvalue weighted by Crippen LogP contribution is 2.38. The van der Waals surface area contributed by atoms with E-state index in [1.807, 2.05) is 62.6 Å². The number of anilines is 4. The number of esters is 2. The van der Waals surface area contributed by atoms with E-state index in [2.05, 4.69) is 59.4 Å². The molecule has 40 heavy (non-hydrogen) atoms. The molecule has 0 atom stereocenters. The van der Waals surface area contributed by atoms with Gasteiger partial charge in [0.05, 0.1) is 0 Å². The highest BCUT2D eigenvalue weighted by Gasteiger charge is 2.15. The van der Waals surface area contributed by atoms with Crippen LogP contribution < -0.4 is 19.3 Å². The molecule has 0 aliphatic carbocycles. The molecule has 0 bridgehead atoms. The molecule has 0 N–H and O–H groups in total. The lowest BCUT2D eigenvalue weighted by Gasteiger charge is -2.27. The molecule has 0 fully saturated rings. The molecule has 0 aromatic heterocycles. The summed E-state index contributed by atoms with van der Waals surface area (Å²) >= 11 is 0. The second kappa shape index (κ2) is 11.2. The predicted molar refractivity (Wildman–Crippen MR) is 162 cm³/mol. The molecule has 6 nitrogen and oxygen atoms in total. The van der Waals surface area contributed by atoms with Gasteiger partial charge in [-0.3, -0.25) is 0 Å². The Morgan fingerprint density at radius 1 is 0.550 bits per heavy atom. The molecule has 0 spiro atoms. The second-order valence-corrected chi connectivity index (χ2v) is 9.38. The molecule has 0 aliphatic heterocycles. The number of carbonyl (C=O) groups is 2. The van der Waals surface area contributed by atoms with E-state index in [0.717, 1.165) is 56.4 Å². The minimum Gasteiger partial charge on any atom is -0.423 e. The van der Waals surface area contributed by atoms with Gasteiger partial charge in [-0.1, -0.05) is 37.4 Å². The van der Waals surface area contributed by atoms with Crippen LogP contribution in [-0.2, 0) is 9.59 Å².